The number of fused-ring (bicyclic) bond motifs is 1. The van der Waals surface area contributed by atoms with Gasteiger partial charge in [-0.25, -0.2) is 0 Å². The van der Waals surface area contributed by atoms with Gasteiger partial charge in [0.05, 0.1) is 0 Å². The normalized spacial score (nSPS) is 22.0. The van der Waals surface area contributed by atoms with Gasteiger partial charge < -0.3 is 10.4 Å². The molecule has 0 saturated heterocycles. The Hall–Kier alpha value is -1.02. The molecule has 14 heavy (non-hydrogen) atoms. The molecule has 0 aromatic heterocycles. The monoisotopic (exact) mass is 191 g/mol. The standard InChI is InChI=1S/C12H17NO/c1-8(13-2)11-5-3-9-7-10(14)4-6-12(9)11/h4,6-8,11,13-14H,3,5H2,1-2H3. The molecule has 2 N–H and O–H groups in total. The van der Waals surface area contributed by atoms with Crippen LogP contribution in [-0.2, 0) is 6.42 Å². The van der Waals surface area contributed by atoms with E-state index in [9.17, 15) is 5.11 Å². The molecule has 2 atom stereocenters. The Bertz CT molecular complexity index is 335. The number of aryl methyl sites for hydroxylation is 1. The number of phenols is 1. The lowest BCUT2D eigenvalue weighted by Crippen LogP contribution is -2.27. The van der Waals surface area contributed by atoms with E-state index < -0.39 is 0 Å². The summed E-state index contributed by atoms with van der Waals surface area (Å²) in [7, 11) is 2.00. The molecule has 1 aromatic rings. The second kappa shape index (κ2) is 3.62. The van der Waals surface area contributed by atoms with Crippen LogP contribution in [0, 0.1) is 0 Å². The van der Waals surface area contributed by atoms with E-state index in [2.05, 4.69) is 18.3 Å². The minimum absolute atomic E-state index is 0.390. The van der Waals surface area contributed by atoms with Gasteiger partial charge >= 0.3 is 0 Å². The summed E-state index contributed by atoms with van der Waals surface area (Å²) in [6.07, 6.45) is 2.29. The zero-order valence-electron chi connectivity index (χ0n) is 8.75. The van der Waals surface area contributed by atoms with Crippen LogP contribution in [-0.4, -0.2) is 18.2 Å². The van der Waals surface area contributed by atoms with Crippen LogP contribution in [0.1, 0.15) is 30.4 Å². The molecule has 0 aliphatic heterocycles. The zero-order valence-corrected chi connectivity index (χ0v) is 8.75. The van der Waals surface area contributed by atoms with Gasteiger partial charge in [0.15, 0.2) is 0 Å². The Labute approximate surface area is 85.0 Å². The molecular weight excluding hydrogens is 174 g/mol. The Balaban J connectivity index is 2.31. The van der Waals surface area contributed by atoms with Crippen molar-refractivity contribution < 1.29 is 5.11 Å². The summed E-state index contributed by atoms with van der Waals surface area (Å²) in [5, 5.41) is 12.7. The van der Waals surface area contributed by atoms with E-state index in [-0.39, 0.29) is 0 Å². The summed E-state index contributed by atoms with van der Waals surface area (Å²) >= 11 is 0. The third kappa shape index (κ3) is 1.50. The van der Waals surface area contributed by atoms with Gasteiger partial charge in [0.25, 0.3) is 0 Å². The predicted octanol–water partition coefficient (Wildman–Crippen LogP) is 2.03. The van der Waals surface area contributed by atoms with Gasteiger partial charge in [-0.05, 0) is 56.0 Å². The van der Waals surface area contributed by atoms with E-state index in [1.807, 2.05) is 13.1 Å². The highest BCUT2D eigenvalue weighted by Crippen LogP contribution is 2.36. The smallest absolute Gasteiger partial charge is 0.115 e. The number of aromatic hydroxyl groups is 1. The quantitative estimate of drug-likeness (QED) is 0.749. The van der Waals surface area contributed by atoms with Gasteiger partial charge in [-0.2, -0.15) is 0 Å². The Morgan fingerprint density at radius 2 is 2.29 bits per heavy atom. The first-order chi connectivity index (χ1) is 6.72. The van der Waals surface area contributed by atoms with Crippen molar-refractivity contribution in [1.29, 1.82) is 0 Å². The van der Waals surface area contributed by atoms with E-state index in [0.717, 1.165) is 6.42 Å². The molecule has 0 saturated carbocycles. The second-order valence-electron chi connectivity index (χ2n) is 4.11. The number of nitrogens with one attached hydrogen (secondary N) is 1. The fourth-order valence-electron chi connectivity index (χ4n) is 2.36. The summed E-state index contributed by atoms with van der Waals surface area (Å²) in [5.74, 6) is 0.997. The highest BCUT2D eigenvalue weighted by atomic mass is 16.3. The van der Waals surface area contributed by atoms with E-state index in [0.29, 0.717) is 17.7 Å². The molecule has 0 bridgehead atoms. The lowest BCUT2D eigenvalue weighted by Gasteiger charge is -2.19. The Kier molecular flexibility index (Phi) is 2.46. The van der Waals surface area contributed by atoms with Crippen molar-refractivity contribution in [1.82, 2.24) is 5.32 Å². The highest BCUT2D eigenvalue weighted by Gasteiger charge is 2.26. The first kappa shape index (κ1) is 9.53. The lowest BCUT2D eigenvalue weighted by molar-refractivity contribution is 0.474. The topological polar surface area (TPSA) is 32.3 Å². The van der Waals surface area contributed by atoms with Gasteiger partial charge in [-0.3, -0.25) is 0 Å². The van der Waals surface area contributed by atoms with Crippen LogP contribution < -0.4 is 5.32 Å². The number of hydrogen-bond donors (Lipinski definition) is 2. The van der Waals surface area contributed by atoms with Crippen LogP contribution in [0.4, 0.5) is 0 Å². The minimum atomic E-state index is 0.390. The molecular formula is C12H17NO. The molecule has 0 fully saturated rings. The highest BCUT2D eigenvalue weighted by molar-refractivity contribution is 5.41. The molecule has 1 aliphatic carbocycles. The number of likely N-dealkylation sites (N-methyl/N-ethyl adjacent to an activating group) is 1. The maximum atomic E-state index is 9.36. The maximum Gasteiger partial charge on any atom is 0.115 e. The van der Waals surface area contributed by atoms with Crippen molar-refractivity contribution >= 4 is 0 Å². The molecule has 76 valence electrons. The molecule has 0 amide bonds. The van der Waals surface area contributed by atoms with E-state index in [4.69, 9.17) is 0 Å². The van der Waals surface area contributed by atoms with E-state index in [1.54, 1.807) is 6.07 Å². The van der Waals surface area contributed by atoms with Gasteiger partial charge in [0.1, 0.15) is 5.75 Å². The van der Waals surface area contributed by atoms with Crippen LogP contribution in [0.3, 0.4) is 0 Å². The Morgan fingerprint density at radius 1 is 1.50 bits per heavy atom. The van der Waals surface area contributed by atoms with Crippen molar-refractivity contribution in [2.45, 2.75) is 31.7 Å². The molecule has 1 aromatic carbocycles. The lowest BCUT2D eigenvalue weighted by atomic mass is 9.94. The molecule has 0 spiro atoms. The molecule has 2 nitrogen and oxygen atoms in total. The molecule has 0 radical (unpaired) electrons. The largest absolute Gasteiger partial charge is 0.508 e. The average Bonchev–Trinajstić information content (AvgIpc) is 2.59. The maximum absolute atomic E-state index is 9.36. The van der Waals surface area contributed by atoms with E-state index in [1.165, 1.54) is 17.5 Å². The second-order valence-corrected chi connectivity index (χ2v) is 4.11. The molecule has 0 heterocycles. The van der Waals surface area contributed by atoms with Crippen molar-refractivity contribution in [3.63, 3.8) is 0 Å². The molecule has 2 unspecified atom stereocenters. The van der Waals surface area contributed by atoms with Crippen LogP contribution >= 0.6 is 0 Å². The van der Waals surface area contributed by atoms with Gasteiger partial charge in [-0.15, -0.1) is 0 Å². The number of benzene rings is 1. The van der Waals surface area contributed by atoms with Gasteiger partial charge in [0, 0.05) is 6.04 Å². The van der Waals surface area contributed by atoms with E-state index >= 15 is 0 Å². The first-order valence-electron chi connectivity index (χ1n) is 5.21. The van der Waals surface area contributed by atoms with Crippen molar-refractivity contribution in [3.05, 3.63) is 29.3 Å². The molecule has 2 rings (SSSR count). The van der Waals surface area contributed by atoms with Crippen molar-refractivity contribution in [2.75, 3.05) is 7.05 Å². The summed E-state index contributed by atoms with van der Waals surface area (Å²) in [4.78, 5) is 0. The third-order valence-electron chi connectivity index (χ3n) is 3.31. The van der Waals surface area contributed by atoms with Gasteiger partial charge in [-0.1, -0.05) is 6.07 Å². The van der Waals surface area contributed by atoms with Crippen molar-refractivity contribution in [3.8, 4) is 5.75 Å². The number of rotatable bonds is 2. The first-order valence-corrected chi connectivity index (χ1v) is 5.21. The summed E-state index contributed by atoms with van der Waals surface area (Å²) < 4.78 is 0. The number of hydrogen-bond acceptors (Lipinski definition) is 2. The third-order valence-corrected chi connectivity index (χ3v) is 3.31. The average molecular weight is 191 g/mol. The van der Waals surface area contributed by atoms with Crippen LogP contribution in [0.5, 0.6) is 5.75 Å². The van der Waals surface area contributed by atoms with Gasteiger partial charge in [0.2, 0.25) is 0 Å². The summed E-state index contributed by atoms with van der Waals surface area (Å²) in [6.45, 7) is 2.21. The van der Waals surface area contributed by atoms with Crippen molar-refractivity contribution in [2.24, 2.45) is 0 Å². The minimum Gasteiger partial charge on any atom is -0.508 e. The molecule has 2 heteroatoms. The fraction of sp³-hybridized carbons (Fsp3) is 0.500. The SMILES string of the molecule is CNC(C)C1CCc2cc(O)ccc21. The van der Waals surface area contributed by atoms with Crippen LogP contribution in [0.25, 0.3) is 0 Å². The number of phenolic OH excluding ortho intramolecular Hbond substituents is 1. The zero-order chi connectivity index (χ0) is 10.1. The summed E-state index contributed by atoms with van der Waals surface area (Å²) in [5.41, 5.74) is 2.72. The molecule has 1 aliphatic rings. The van der Waals surface area contributed by atoms with Crippen LogP contribution in [0.2, 0.25) is 0 Å². The fourth-order valence-corrected chi connectivity index (χ4v) is 2.36. The summed E-state index contributed by atoms with van der Waals surface area (Å²) in [6, 6.07) is 6.27. The van der Waals surface area contributed by atoms with Crippen LogP contribution in [0.15, 0.2) is 18.2 Å². The predicted molar refractivity (Wildman–Crippen MR) is 57.7 cm³/mol. The Morgan fingerprint density at radius 3 is 3.00 bits per heavy atom.